The van der Waals surface area contributed by atoms with Crippen molar-refractivity contribution < 1.29 is 143 Å². The molecule has 0 radical (unpaired) electrons. The Hall–Kier alpha value is -3.36. The van der Waals surface area contributed by atoms with Crippen molar-refractivity contribution in [2.45, 2.75) is 266 Å². The zero-order valence-electron chi connectivity index (χ0n) is 55.7. The van der Waals surface area contributed by atoms with Crippen molar-refractivity contribution in [3.8, 4) is 0 Å². The Balaban J connectivity index is 0.854. The SMILES string of the molecule is CC1(C)C[C@H]2C3=CC[C@@H]4[C@@]5(C)CC[C@H](O[C@@H]6O[C@H](CO)[C@@H](O[C@@H]7OC[C@@H](O)[C@H](O)[C@H]7O)[C@H](O)[C@H]6O[C@@H]6O[C@H](CO)[C@@H](O)[C@H](O[C@@H]7O[C@H](CO)[C@@H](O)[C@H](O)[C@H]7O[C@@H]7O[C@H](CO)[C@@H](O)[C@H](O)[C@H]7O)[C@H]6O)C(C)(C)[C@@H]5CC[C@@]4(C)[C@]3(C)CC[C@@]2(C(=O)O)C[C@@H]1OC(=O)/C=C/c1ccccc1. The van der Waals surface area contributed by atoms with Gasteiger partial charge in [0.05, 0.1) is 44.6 Å². The molecule has 1 aromatic rings. The average molecular weight is 1380 g/mol. The third-order valence-electron chi connectivity index (χ3n) is 24.8. The molecule has 29 nitrogen and oxygen atoms in total. The number of hydrogen-bond donors (Lipinski definition) is 16. The summed E-state index contributed by atoms with van der Waals surface area (Å²) < 4.78 is 67.2. The number of carboxylic acid groups (broad SMARTS) is 1. The van der Waals surface area contributed by atoms with Gasteiger partial charge in [0.1, 0.15) is 122 Å². The van der Waals surface area contributed by atoms with E-state index in [0.29, 0.717) is 38.5 Å². The standard InChI is InChI=1S/C68H102O29/c1-63(2)23-32-31-14-15-39-65(5)19-18-40(64(3,4)38(65)17-20-67(39,7)66(31,6)21-22-68(32,62(85)86)24-41(63)92-42(74)16-13-30-11-9-8-10-12-30)93-60-56(51(83)53(37(28-72)91-60)94-57-49(81)43(75)33(73)29-87-57)97-59-52(84)54(46(78)36(27-71)89-59)95-61-55(48(80)45(77)35(26-70)90-61)96-58-50(82)47(79)44(76)34(25-69)88-58/h8-14,16,32-41,43-61,69-73,75-84H,15,17-29H2,1-7H3,(H,85,86)/b16-13+/t32-,33+,34+,35+,36+,37+,38-,39+,40-,41-,43-,44+,45+,46+,47-,48-,49+,50+,51-,52+,53+,54-,55+,56+,57-,58-,59-,60-,61-,65-,66+,67+,68+/m0/s1. The van der Waals surface area contributed by atoms with Crippen molar-refractivity contribution in [1.82, 2.24) is 0 Å². The number of hydrogen-bond acceptors (Lipinski definition) is 28. The molecular weight excluding hydrogens is 1280 g/mol. The number of carbonyl (C=O) groups is 2. The number of carboxylic acids is 1. The van der Waals surface area contributed by atoms with Crippen LogP contribution < -0.4 is 0 Å². The number of ether oxygens (including phenoxy) is 11. The molecule has 10 aliphatic rings. The zero-order valence-corrected chi connectivity index (χ0v) is 55.7. The number of fused-ring (bicyclic) bond motifs is 7. The van der Waals surface area contributed by atoms with E-state index in [1.165, 1.54) is 6.08 Å². The Kier molecular flexibility index (Phi) is 22.1. The first-order valence-corrected chi connectivity index (χ1v) is 34.1. The summed E-state index contributed by atoms with van der Waals surface area (Å²) in [6.45, 7) is 11.1. The van der Waals surface area contributed by atoms with E-state index in [2.05, 4.69) is 54.5 Å². The van der Waals surface area contributed by atoms with Crippen molar-refractivity contribution in [2.24, 2.45) is 50.2 Å². The summed E-state index contributed by atoms with van der Waals surface area (Å²) >= 11 is 0. The number of allylic oxidation sites excluding steroid dienone is 2. The monoisotopic (exact) mass is 1380 g/mol. The van der Waals surface area contributed by atoms with Gasteiger partial charge in [0.25, 0.3) is 0 Å². The van der Waals surface area contributed by atoms with E-state index in [-0.39, 0.29) is 35.0 Å². The molecule has 29 heteroatoms. The van der Waals surface area contributed by atoms with Gasteiger partial charge in [-0.2, -0.15) is 0 Å². The highest BCUT2D eigenvalue weighted by Gasteiger charge is 2.71. The minimum atomic E-state index is -2.20. The van der Waals surface area contributed by atoms with Gasteiger partial charge in [-0.3, -0.25) is 4.79 Å². The van der Waals surface area contributed by atoms with E-state index in [9.17, 15) is 91.3 Å². The molecule has 97 heavy (non-hydrogen) atoms. The lowest BCUT2D eigenvalue weighted by molar-refractivity contribution is -0.406. The highest BCUT2D eigenvalue weighted by Crippen LogP contribution is 2.76. The summed E-state index contributed by atoms with van der Waals surface area (Å²) in [4.78, 5) is 27.3. The van der Waals surface area contributed by atoms with Gasteiger partial charge in [0.2, 0.25) is 0 Å². The smallest absolute Gasteiger partial charge is 0.331 e. The van der Waals surface area contributed by atoms with Gasteiger partial charge >= 0.3 is 11.9 Å². The van der Waals surface area contributed by atoms with Gasteiger partial charge in [-0.1, -0.05) is 90.4 Å². The van der Waals surface area contributed by atoms with Crippen LogP contribution >= 0.6 is 0 Å². The molecule has 0 spiro atoms. The van der Waals surface area contributed by atoms with E-state index in [1.54, 1.807) is 6.08 Å². The predicted molar refractivity (Wildman–Crippen MR) is 331 cm³/mol. The van der Waals surface area contributed by atoms with E-state index in [1.807, 2.05) is 30.3 Å². The van der Waals surface area contributed by atoms with Crippen LogP contribution in [0.5, 0.6) is 0 Å². The normalized spacial score (nSPS) is 49.7. The summed E-state index contributed by atoms with van der Waals surface area (Å²) in [5.41, 5.74) is -1.51. The summed E-state index contributed by atoms with van der Waals surface area (Å²) in [5, 5.41) is 176. The van der Waals surface area contributed by atoms with Crippen LogP contribution in [0.25, 0.3) is 6.08 Å². The maximum atomic E-state index is 13.9. The van der Waals surface area contributed by atoms with Gasteiger partial charge in [-0.05, 0) is 102 Å². The second-order valence-electron chi connectivity index (χ2n) is 30.8. The van der Waals surface area contributed by atoms with E-state index >= 15 is 0 Å². The van der Waals surface area contributed by atoms with Crippen molar-refractivity contribution in [1.29, 1.82) is 0 Å². The van der Waals surface area contributed by atoms with Crippen LogP contribution in [0.15, 0.2) is 48.1 Å². The molecule has 9 fully saturated rings. The first-order chi connectivity index (χ1) is 45.7. The molecule has 1 aromatic carbocycles. The Bertz CT molecular complexity index is 2940. The molecule has 5 aliphatic heterocycles. The van der Waals surface area contributed by atoms with E-state index < -0.39 is 226 Å². The number of benzene rings is 1. The van der Waals surface area contributed by atoms with Crippen LogP contribution in [0, 0.1) is 50.2 Å². The first kappa shape index (κ1) is 74.8. The van der Waals surface area contributed by atoms with Crippen LogP contribution in [-0.2, 0) is 61.7 Å². The second kappa shape index (κ2) is 28.7. The predicted octanol–water partition coefficient (Wildman–Crippen LogP) is -1.77. The van der Waals surface area contributed by atoms with Crippen molar-refractivity contribution in [3.63, 3.8) is 0 Å². The van der Waals surface area contributed by atoms with Crippen molar-refractivity contribution in [2.75, 3.05) is 33.0 Å². The Morgan fingerprint density at radius 1 is 0.526 bits per heavy atom. The maximum absolute atomic E-state index is 13.9. The average Bonchev–Trinajstić information content (AvgIpc) is 0.674. The summed E-state index contributed by atoms with van der Waals surface area (Å²) in [5.74, 6) is -1.67. The molecule has 5 saturated heterocycles. The number of aliphatic hydroxyl groups excluding tert-OH is 15. The molecule has 4 saturated carbocycles. The molecule has 16 N–H and O–H groups in total. The topological polar surface area (TPSA) is 459 Å². The van der Waals surface area contributed by atoms with E-state index in [0.717, 1.165) is 24.0 Å². The maximum Gasteiger partial charge on any atom is 0.331 e. The second-order valence-corrected chi connectivity index (χ2v) is 30.8. The number of esters is 1. The lowest BCUT2D eigenvalue weighted by Gasteiger charge is -2.71. The first-order valence-electron chi connectivity index (χ1n) is 34.1. The van der Waals surface area contributed by atoms with Crippen molar-refractivity contribution >= 4 is 18.0 Å². The number of aliphatic hydroxyl groups is 15. The van der Waals surface area contributed by atoms with Gasteiger partial charge in [-0.25, -0.2) is 4.79 Å². The minimum Gasteiger partial charge on any atom is -0.481 e. The fourth-order valence-corrected chi connectivity index (χ4v) is 18.9. The number of rotatable bonds is 18. The lowest BCUT2D eigenvalue weighted by atomic mass is 9.33. The van der Waals surface area contributed by atoms with E-state index in [4.69, 9.17) is 52.1 Å². The molecule has 0 amide bonds. The lowest BCUT2D eigenvalue weighted by Crippen LogP contribution is -2.69. The third kappa shape index (κ3) is 13.3. The Morgan fingerprint density at radius 2 is 1.08 bits per heavy atom. The summed E-state index contributed by atoms with van der Waals surface area (Å²) in [6, 6.07) is 9.37. The molecule has 0 bridgehead atoms. The molecule has 5 heterocycles. The van der Waals surface area contributed by atoms with Crippen LogP contribution in [0.3, 0.4) is 0 Å². The third-order valence-corrected chi connectivity index (χ3v) is 24.8. The summed E-state index contributed by atoms with van der Waals surface area (Å²) in [6.07, 6.45) is -35.7. The zero-order chi connectivity index (χ0) is 70.4. The molecule has 5 aliphatic carbocycles. The highest BCUT2D eigenvalue weighted by atomic mass is 16.8. The van der Waals surface area contributed by atoms with Gasteiger partial charge < -0.3 is 134 Å². The molecular formula is C68H102O29. The Labute approximate surface area is 562 Å². The number of carbonyl (C=O) groups excluding carboxylic acids is 1. The van der Waals surface area contributed by atoms with Crippen LogP contribution in [0.4, 0.5) is 0 Å². The Morgan fingerprint density at radius 3 is 1.72 bits per heavy atom. The summed E-state index contributed by atoms with van der Waals surface area (Å²) in [7, 11) is 0. The highest BCUT2D eigenvalue weighted by molar-refractivity contribution is 5.87. The quantitative estimate of drug-likeness (QED) is 0.0335. The molecule has 0 aromatic heterocycles. The van der Waals surface area contributed by atoms with Gasteiger partial charge in [0, 0.05) is 17.9 Å². The molecule has 33 atom stereocenters. The largest absolute Gasteiger partial charge is 0.481 e. The minimum absolute atomic E-state index is 0.0322. The van der Waals surface area contributed by atoms with Gasteiger partial charge in [0.15, 0.2) is 31.5 Å². The molecule has 11 rings (SSSR count). The van der Waals surface area contributed by atoms with Crippen LogP contribution in [-0.4, -0.2) is 286 Å². The fourth-order valence-electron chi connectivity index (χ4n) is 18.9. The van der Waals surface area contributed by atoms with Crippen molar-refractivity contribution in [3.05, 3.63) is 53.6 Å². The molecule has 548 valence electrons. The number of aliphatic carboxylic acids is 1. The fraction of sp³-hybridized carbons (Fsp3) is 0.824. The van der Waals surface area contributed by atoms with Gasteiger partial charge in [-0.15, -0.1) is 0 Å². The van der Waals surface area contributed by atoms with Crippen LogP contribution in [0.2, 0.25) is 0 Å². The molecule has 0 unspecified atom stereocenters. The van der Waals surface area contributed by atoms with Crippen LogP contribution in [0.1, 0.15) is 112 Å².